The van der Waals surface area contributed by atoms with Crippen molar-refractivity contribution in [3.05, 3.63) is 23.9 Å². The van der Waals surface area contributed by atoms with Crippen molar-refractivity contribution in [2.45, 2.75) is 18.8 Å². The lowest BCUT2D eigenvalue weighted by Gasteiger charge is -2.15. The summed E-state index contributed by atoms with van der Waals surface area (Å²) in [4.78, 5) is 14.4. The number of carbonyl (C=O) groups is 1. The number of hydrogen-bond acceptors (Lipinski definition) is 3. The number of aliphatic imine (C=N–C) groups is 1. The number of carboxylic acids is 1. The highest BCUT2D eigenvalue weighted by molar-refractivity contribution is 6.08. The number of allylic oxidation sites excluding steroid dienone is 2. The monoisotopic (exact) mass is 244 g/mol. The zero-order valence-corrected chi connectivity index (χ0v) is 9.20. The summed E-state index contributed by atoms with van der Waals surface area (Å²) in [5.74, 6) is -3.91. The molecule has 17 heavy (non-hydrogen) atoms. The van der Waals surface area contributed by atoms with Crippen LogP contribution in [0.15, 0.2) is 28.9 Å². The van der Waals surface area contributed by atoms with Gasteiger partial charge in [-0.2, -0.15) is 0 Å². The molecule has 1 rings (SSSR count). The first-order valence-electron chi connectivity index (χ1n) is 5.22. The second-order valence-corrected chi connectivity index (χ2v) is 3.63. The van der Waals surface area contributed by atoms with Crippen molar-refractivity contribution < 1.29 is 18.7 Å². The summed E-state index contributed by atoms with van der Waals surface area (Å²) >= 11 is 0. The van der Waals surface area contributed by atoms with Crippen LogP contribution >= 0.6 is 0 Å². The Kier molecular flexibility index (Phi) is 4.81. The summed E-state index contributed by atoms with van der Waals surface area (Å²) in [6.07, 6.45) is 4.72. The first kappa shape index (κ1) is 13.3. The number of carboxylic acid groups (broad SMARTS) is 1. The third kappa shape index (κ3) is 5.24. The van der Waals surface area contributed by atoms with Crippen molar-refractivity contribution in [1.29, 1.82) is 0 Å². The van der Waals surface area contributed by atoms with Crippen LogP contribution in [0, 0.1) is 0 Å². The van der Waals surface area contributed by atoms with Crippen molar-refractivity contribution in [1.82, 2.24) is 5.32 Å². The summed E-state index contributed by atoms with van der Waals surface area (Å²) in [7, 11) is 0. The Morgan fingerprint density at radius 3 is 2.94 bits per heavy atom. The third-order valence-corrected chi connectivity index (χ3v) is 2.21. The molecule has 0 saturated heterocycles. The Bertz CT molecular complexity index is 362. The molecule has 1 heterocycles. The van der Waals surface area contributed by atoms with Gasteiger partial charge in [-0.25, -0.2) is 13.6 Å². The highest BCUT2D eigenvalue weighted by Crippen LogP contribution is 2.22. The normalized spacial score (nSPS) is 27.5. The first-order valence-corrected chi connectivity index (χ1v) is 5.22. The van der Waals surface area contributed by atoms with Gasteiger partial charge in [-0.1, -0.05) is 0 Å². The van der Waals surface area contributed by atoms with Crippen molar-refractivity contribution in [2.75, 3.05) is 13.1 Å². The Balaban J connectivity index is 2.77. The molecule has 0 fully saturated rings. The molecule has 0 unspecified atom stereocenters. The van der Waals surface area contributed by atoms with Gasteiger partial charge >= 0.3 is 5.97 Å². The Labute approximate surface area is 97.7 Å². The lowest BCUT2D eigenvalue weighted by atomic mass is 10.1. The minimum Gasteiger partial charge on any atom is -0.478 e. The SMILES string of the molecule is O=C(O)C1=C/C=C/NCCC(F)(F)CC/N=C\1. The van der Waals surface area contributed by atoms with Gasteiger partial charge in [0.2, 0.25) is 0 Å². The van der Waals surface area contributed by atoms with E-state index in [2.05, 4.69) is 10.3 Å². The van der Waals surface area contributed by atoms with Crippen molar-refractivity contribution in [3.63, 3.8) is 0 Å². The minimum atomic E-state index is -2.77. The number of aliphatic carboxylic acids is 1. The fourth-order valence-electron chi connectivity index (χ4n) is 1.24. The van der Waals surface area contributed by atoms with Crippen molar-refractivity contribution >= 4 is 12.2 Å². The number of nitrogens with one attached hydrogen (secondary N) is 1. The van der Waals surface area contributed by atoms with Gasteiger partial charge in [0.25, 0.3) is 5.92 Å². The molecule has 0 radical (unpaired) electrons. The van der Waals surface area contributed by atoms with E-state index in [1.807, 2.05) is 0 Å². The lowest BCUT2D eigenvalue weighted by Crippen LogP contribution is -2.23. The maximum atomic E-state index is 13.2. The second kappa shape index (κ2) is 6.12. The average molecular weight is 244 g/mol. The Hall–Kier alpha value is -1.72. The van der Waals surface area contributed by atoms with E-state index in [1.54, 1.807) is 0 Å². The molecule has 4 nitrogen and oxygen atoms in total. The summed E-state index contributed by atoms with van der Waals surface area (Å²) in [5, 5.41) is 11.5. The number of alkyl halides is 2. The van der Waals surface area contributed by atoms with E-state index in [4.69, 9.17) is 5.11 Å². The number of nitrogens with zero attached hydrogens (tertiary/aromatic N) is 1. The van der Waals surface area contributed by atoms with E-state index in [-0.39, 0.29) is 31.5 Å². The van der Waals surface area contributed by atoms with Gasteiger partial charge in [0.05, 0.1) is 5.57 Å². The molecular weight excluding hydrogens is 230 g/mol. The van der Waals surface area contributed by atoms with Crippen molar-refractivity contribution in [2.24, 2.45) is 4.99 Å². The summed E-state index contributed by atoms with van der Waals surface area (Å²) < 4.78 is 26.4. The Morgan fingerprint density at radius 1 is 1.47 bits per heavy atom. The van der Waals surface area contributed by atoms with Crippen LogP contribution in [0.2, 0.25) is 0 Å². The van der Waals surface area contributed by atoms with Gasteiger partial charge in [-0.3, -0.25) is 4.99 Å². The molecule has 1 aliphatic heterocycles. The molecule has 6 heteroatoms. The maximum absolute atomic E-state index is 13.2. The molecule has 0 atom stereocenters. The number of halogens is 2. The van der Waals surface area contributed by atoms with E-state index in [0.29, 0.717) is 0 Å². The third-order valence-electron chi connectivity index (χ3n) is 2.21. The van der Waals surface area contributed by atoms with Crippen LogP contribution in [0.5, 0.6) is 0 Å². The zero-order chi connectivity index (χ0) is 12.7. The van der Waals surface area contributed by atoms with E-state index in [1.165, 1.54) is 18.4 Å². The van der Waals surface area contributed by atoms with E-state index in [0.717, 1.165) is 6.21 Å². The summed E-state index contributed by atoms with van der Waals surface area (Å²) in [5.41, 5.74) is -0.0352. The average Bonchev–Trinajstić information content (AvgIpc) is 2.23. The zero-order valence-electron chi connectivity index (χ0n) is 9.20. The molecule has 2 N–H and O–H groups in total. The van der Waals surface area contributed by atoms with E-state index >= 15 is 0 Å². The van der Waals surface area contributed by atoms with Gasteiger partial charge in [-0.05, 0) is 18.4 Å². The molecule has 0 bridgehead atoms. The molecule has 0 spiro atoms. The maximum Gasteiger partial charge on any atom is 0.337 e. The smallest absolute Gasteiger partial charge is 0.337 e. The molecule has 0 aliphatic carbocycles. The van der Waals surface area contributed by atoms with Crippen molar-refractivity contribution in [3.8, 4) is 0 Å². The van der Waals surface area contributed by atoms with Gasteiger partial charge in [0.1, 0.15) is 0 Å². The van der Waals surface area contributed by atoms with Crippen LogP contribution in [0.3, 0.4) is 0 Å². The number of rotatable bonds is 1. The van der Waals surface area contributed by atoms with Gasteiger partial charge in [0.15, 0.2) is 0 Å². The van der Waals surface area contributed by atoms with E-state index < -0.39 is 11.9 Å². The summed E-state index contributed by atoms with van der Waals surface area (Å²) in [6, 6.07) is 0. The molecule has 94 valence electrons. The fourth-order valence-corrected chi connectivity index (χ4v) is 1.24. The van der Waals surface area contributed by atoms with E-state index in [9.17, 15) is 13.6 Å². The largest absolute Gasteiger partial charge is 0.478 e. The van der Waals surface area contributed by atoms with Crippen LogP contribution in [-0.2, 0) is 4.79 Å². The molecular formula is C11H14F2N2O2. The second-order valence-electron chi connectivity index (χ2n) is 3.63. The van der Waals surface area contributed by atoms with Gasteiger partial charge < -0.3 is 10.4 Å². The van der Waals surface area contributed by atoms with Gasteiger partial charge in [0, 0.05) is 32.1 Å². The molecule has 0 aromatic rings. The van der Waals surface area contributed by atoms with Crippen LogP contribution in [0.4, 0.5) is 8.78 Å². The minimum absolute atomic E-state index is 0.0352. The number of hydrogen-bond donors (Lipinski definition) is 2. The lowest BCUT2D eigenvalue weighted by molar-refractivity contribution is -0.132. The molecule has 0 amide bonds. The van der Waals surface area contributed by atoms with Crippen LogP contribution in [0.25, 0.3) is 0 Å². The van der Waals surface area contributed by atoms with Crippen LogP contribution < -0.4 is 5.32 Å². The first-order chi connectivity index (χ1) is 8.01. The fraction of sp³-hybridized carbons (Fsp3) is 0.455. The highest BCUT2D eigenvalue weighted by atomic mass is 19.3. The summed E-state index contributed by atoms with van der Waals surface area (Å²) in [6.45, 7) is 0.0603. The van der Waals surface area contributed by atoms with Crippen LogP contribution in [-0.4, -0.2) is 36.3 Å². The van der Waals surface area contributed by atoms with Gasteiger partial charge in [-0.15, -0.1) is 0 Å². The molecule has 0 saturated carbocycles. The molecule has 1 aliphatic rings. The topological polar surface area (TPSA) is 61.7 Å². The van der Waals surface area contributed by atoms with Crippen LogP contribution in [0.1, 0.15) is 12.8 Å². The standard InChI is InChI=1S/C11H14F2N2O2/c12-11(13)3-6-14-5-1-2-9(10(16)17)8-15-7-4-11/h1-2,5,8,14H,3-4,6-7H2,(H,16,17)/b5-1+,9-2+,15-8-. The highest BCUT2D eigenvalue weighted by Gasteiger charge is 2.27. The predicted molar refractivity (Wildman–Crippen MR) is 60.4 cm³/mol. The Morgan fingerprint density at radius 2 is 2.24 bits per heavy atom. The molecule has 0 aromatic carbocycles. The molecule has 0 aromatic heterocycles. The quantitative estimate of drug-likeness (QED) is 0.736. The predicted octanol–water partition coefficient (Wildman–Crippen LogP) is 1.60.